The molecule has 1 aromatic rings. The van der Waals surface area contributed by atoms with Crippen molar-refractivity contribution in [3.8, 4) is 11.5 Å². The number of hydrogen-bond acceptors (Lipinski definition) is 10. The molecule has 0 saturated carbocycles. The Kier molecular flexibility index (Phi) is 4.93. The summed E-state index contributed by atoms with van der Waals surface area (Å²) in [5.74, 6) is -1.74. The van der Waals surface area contributed by atoms with Crippen molar-refractivity contribution < 1.29 is 29.6 Å². The quantitative estimate of drug-likeness (QED) is 0.271. The molecule has 0 spiro atoms. The second-order valence-corrected chi connectivity index (χ2v) is 7.09. The maximum absolute atomic E-state index is 12.6. The highest BCUT2D eigenvalue weighted by atomic mass is 16.3. The molecule has 1 aromatic carbocycles. The molecule has 4 rings (SSSR count). The highest BCUT2D eigenvalue weighted by Crippen LogP contribution is 2.29. The second-order valence-electron chi connectivity index (χ2n) is 7.09. The Morgan fingerprint density at radius 2 is 2.00 bits per heavy atom. The predicted octanol–water partition coefficient (Wildman–Crippen LogP) is -0.382. The highest BCUT2D eigenvalue weighted by molar-refractivity contribution is 6.22. The van der Waals surface area contributed by atoms with Gasteiger partial charge in [0.15, 0.2) is 11.3 Å². The van der Waals surface area contributed by atoms with Crippen molar-refractivity contribution in [2.45, 2.75) is 24.9 Å². The fraction of sp³-hybridized carbons (Fsp3) is 0.200. The van der Waals surface area contributed by atoms with Crippen LogP contribution in [0.4, 0.5) is 5.69 Å². The summed E-state index contributed by atoms with van der Waals surface area (Å²) < 4.78 is 5.68. The molecule has 0 bridgehead atoms. The van der Waals surface area contributed by atoms with Crippen LogP contribution in [0.1, 0.15) is 5.56 Å². The van der Waals surface area contributed by atoms with Gasteiger partial charge < -0.3 is 41.3 Å². The standard InChI is InChI=1S/C20H18N4O7/c21-15-14(20(22)30)17(27)16(19(29)18(15)28)24-8-4-10-13(5-11(8)26)31-12-2-1-7(6-25)3-9(12)23-10/h1-5,16,18-19,21,24-25,27-29H,6H2,(H2,22,30). The lowest BCUT2D eigenvalue weighted by atomic mass is 9.86. The highest BCUT2D eigenvalue weighted by Gasteiger charge is 2.42. The van der Waals surface area contributed by atoms with E-state index in [1.165, 1.54) is 6.07 Å². The number of benzene rings is 2. The minimum atomic E-state index is -1.81. The van der Waals surface area contributed by atoms with Gasteiger partial charge in [-0.1, -0.05) is 6.07 Å². The van der Waals surface area contributed by atoms with Crippen LogP contribution in [0.25, 0.3) is 22.6 Å². The molecule has 8 N–H and O–H groups in total. The number of fused-ring (bicyclic) bond motifs is 2. The Morgan fingerprint density at radius 1 is 1.26 bits per heavy atom. The Labute approximate surface area is 173 Å². The number of nitrogens with zero attached hydrogens (tertiary/aromatic N) is 1. The normalized spacial score (nSPS) is 21.6. The van der Waals surface area contributed by atoms with Gasteiger partial charge in [0.2, 0.25) is 5.43 Å². The Morgan fingerprint density at radius 3 is 2.68 bits per heavy atom. The molecular formula is C20H18N4O7. The largest absolute Gasteiger partial charge is 0.509 e. The van der Waals surface area contributed by atoms with Gasteiger partial charge in [-0.2, -0.15) is 0 Å². The third-order valence-corrected chi connectivity index (χ3v) is 5.07. The third-order valence-electron chi connectivity index (χ3n) is 5.07. The molecule has 2 aliphatic carbocycles. The summed E-state index contributed by atoms with van der Waals surface area (Å²) in [5, 5.41) is 50.3. The smallest absolute Gasteiger partial charge is 0.254 e. The van der Waals surface area contributed by atoms with E-state index in [1.54, 1.807) is 18.2 Å². The summed E-state index contributed by atoms with van der Waals surface area (Å²) in [7, 11) is 0. The van der Waals surface area contributed by atoms with Crippen LogP contribution in [-0.2, 0) is 11.4 Å². The van der Waals surface area contributed by atoms with Crippen molar-refractivity contribution in [3.05, 3.63) is 57.5 Å². The monoisotopic (exact) mass is 426 g/mol. The van der Waals surface area contributed by atoms with Gasteiger partial charge in [0.05, 0.1) is 18.0 Å². The molecule has 0 saturated heterocycles. The molecular weight excluding hydrogens is 408 g/mol. The number of primary amides is 1. The first kappa shape index (κ1) is 20.5. The van der Waals surface area contributed by atoms with E-state index in [9.17, 15) is 30.0 Å². The summed E-state index contributed by atoms with van der Waals surface area (Å²) in [6.07, 6.45) is -3.53. The molecule has 1 heterocycles. The van der Waals surface area contributed by atoms with Gasteiger partial charge in [-0.15, -0.1) is 0 Å². The maximum Gasteiger partial charge on any atom is 0.254 e. The number of aliphatic hydroxyl groups is 4. The van der Waals surface area contributed by atoms with Crippen molar-refractivity contribution in [2.24, 2.45) is 5.73 Å². The van der Waals surface area contributed by atoms with E-state index in [0.29, 0.717) is 16.7 Å². The van der Waals surface area contributed by atoms with Crippen molar-refractivity contribution in [2.75, 3.05) is 5.32 Å². The SMILES string of the molecule is N=C1C(C(N)=O)=C(O)C(Nc2cc3nc4cc(CO)ccc4oc-3cc2=O)C(O)C1O. The summed E-state index contributed by atoms with van der Waals surface area (Å²) >= 11 is 0. The number of hydrogen-bond donors (Lipinski definition) is 7. The van der Waals surface area contributed by atoms with Crippen LogP contribution in [0.2, 0.25) is 0 Å². The van der Waals surface area contributed by atoms with E-state index in [-0.39, 0.29) is 23.7 Å². The summed E-state index contributed by atoms with van der Waals surface area (Å²) in [4.78, 5) is 28.6. The fourth-order valence-corrected chi connectivity index (χ4v) is 3.45. The number of carbonyl (C=O) groups excluding carboxylic acids is 1. The van der Waals surface area contributed by atoms with E-state index in [1.807, 2.05) is 0 Å². The van der Waals surface area contributed by atoms with E-state index in [4.69, 9.17) is 15.6 Å². The van der Waals surface area contributed by atoms with Crippen LogP contribution in [0, 0.1) is 5.41 Å². The number of amides is 1. The van der Waals surface area contributed by atoms with Crippen LogP contribution in [0.3, 0.4) is 0 Å². The van der Waals surface area contributed by atoms with Crippen LogP contribution >= 0.6 is 0 Å². The molecule has 0 fully saturated rings. The second kappa shape index (κ2) is 7.47. The Hall–Kier alpha value is -3.80. The van der Waals surface area contributed by atoms with Crippen molar-refractivity contribution in [3.63, 3.8) is 0 Å². The molecule has 1 aliphatic heterocycles. The van der Waals surface area contributed by atoms with Gasteiger partial charge in [-0.3, -0.25) is 9.59 Å². The molecule has 160 valence electrons. The minimum Gasteiger partial charge on any atom is -0.509 e. The lowest BCUT2D eigenvalue weighted by Crippen LogP contribution is -2.53. The number of nitrogens with two attached hydrogens (primary N) is 1. The molecule has 3 aliphatic rings. The summed E-state index contributed by atoms with van der Waals surface area (Å²) in [6.45, 7) is -0.188. The van der Waals surface area contributed by atoms with E-state index in [2.05, 4.69) is 10.3 Å². The van der Waals surface area contributed by atoms with E-state index < -0.39 is 46.6 Å². The number of nitrogens with one attached hydrogen (secondary N) is 2. The van der Waals surface area contributed by atoms with Gasteiger partial charge in [0.1, 0.15) is 40.8 Å². The zero-order valence-electron chi connectivity index (χ0n) is 15.9. The molecule has 31 heavy (non-hydrogen) atoms. The number of rotatable bonds is 4. The van der Waals surface area contributed by atoms with Gasteiger partial charge in [-0.05, 0) is 23.8 Å². The lowest BCUT2D eigenvalue weighted by molar-refractivity contribution is -0.114. The average molecular weight is 426 g/mol. The van der Waals surface area contributed by atoms with E-state index in [0.717, 1.165) is 6.07 Å². The molecule has 11 nitrogen and oxygen atoms in total. The lowest BCUT2D eigenvalue weighted by Gasteiger charge is -2.33. The molecule has 3 atom stereocenters. The van der Waals surface area contributed by atoms with Crippen LogP contribution in [0.5, 0.6) is 0 Å². The zero-order chi connectivity index (χ0) is 22.4. The predicted molar refractivity (Wildman–Crippen MR) is 109 cm³/mol. The van der Waals surface area contributed by atoms with Crippen molar-refractivity contribution in [1.82, 2.24) is 4.98 Å². The summed E-state index contributed by atoms with van der Waals surface area (Å²) in [5.41, 5.74) is 4.86. The molecule has 3 unspecified atom stereocenters. The Balaban J connectivity index is 1.80. The number of aliphatic hydroxyl groups excluding tert-OH is 4. The van der Waals surface area contributed by atoms with Crippen molar-refractivity contribution >= 4 is 28.4 Å². The third kappa shape index (κ3) is 3.40. The van der Waals surface area contributed by atoms with Crippen LogP contribution in [0.15, 0.2) is 50.9 Å². The molecule has 11 heteroatoms. The van der Waals surface area contributed by atoms with Gasteiger partial charge in [0.25, 0.3) is 5.91 Å². The zero-order valence-corrected chi connectivity index (χ0v) is 15.9. The Bertz CT molecular complexity index is 1280. The van der Waals surface area contributed by atoms with Gasteiger partial charge in [-0.25, -0.2) is 4.98 Å². The van der Waals surface area contributed by atoms with Gasteiger partial charge >= 0.3 is 0 Å². The average Bonchev–Trinajstić information content (AvgIpc) is 2.73. The molecule has 0 aromatic heterocycles. The van der Waals surface area contributed by atoms with Crippen LogP contribution < -0.4 is 16.5 Å². The maximum atomic E-state index is 12.6. The number of aromatic nitrogens is 1. The molecule has 1 amide bonds. The van der Waals surface area contributed by atoms with Crippen molar-refractivity contribution in [1.29, 1.82) is 5.41 Å². The fourth-order valence-electron chi connectivity index (χ4n) is 3.45. The van der Waals surface area contributed by atoms with E-state index >= 15 is 0 Å². The number of anilines is 1. The number of carbonyl (C=O) groups is 1. The first-order valence-corrected chi connectivity index (χ1v) is 9.14. The van der Waals surface area contributed by atoms with Gasteiger partial charge in [0, 0.05) is 6.07 Å². The minimum absolute atomic E-state index is 0.104. The summed E-state index contributed by atoms with van der Waals surface area (Å²) in [6, 6.07) is 5.90. The first-order chi connectivity index (χ1) is 14.7. The molecule has 0 radical (unpaired) electrons. The van der Waals surface area contributed by atoms with Crippen LogP contribution in [-0.4, -0.2) is 55.3 Å². The topological polar surface area (TPSA) is 203 Å². The first-order valence-electron chi connectivity index (χ1n) is 9.14.